The standard InChI is InChI=1S/C35H22N4/c36-21-24-18-28(23-37-22-24)33-13-7-12-32(38-33)27-15-17-35-31(20-27)30-19-26(25-8-3-1-4-9-25)14-16-34(30)39(35)29-10-5-2-6-11-29/h1-20,22-23H. The maximum atomic E-state index is 9.29. The number of aromatic nitrogens is 3. The van der Waals surface area contributed by atoms with Crippen molar-refractivity contribution >= 4 is 21.8 Å². The number of nitriles is 1. The van der Waals surface area contributed by atoms with Crippen LogP contribution in [0.5, 0.6) is 0 Å². The van der Waals surface area contributed by atoms with E-state index in [1.54, 1.807) is 12.4 Å². The summed E-state index contributed by atoms with van der Waals surface area (Å²) in [6.07, 6.45) is 3.31. The van der Waals surface area contributed by atoms with Crippen LogP contribution in [0.3, 0.4) is 0 Å². The van der Waals surface area contributed by atoms with Gasteiger partial charge in [0.25, 0.3) is 0 Å². The number of hydrogen-bond acceptors (Lipinski definition) is 3. The van der Waals surface area contributed by atoms with Crippen molar-refractivity contribution in [1.29, 1.82) is 5.26 Å². The Kier molecular flexibility index (Phi) is 5.46. The van der Waals surface area contributed by atoms with E-state index in [4.69, 9.17) is 4.98 Å². The monoisotopic (exact) mass is 498 g/mol. The highest BCUT2D eigenvalue weighted by Crippen LogP contribution is 2.37. The zero-order valence-corrected chi connectivity index (χ0v) is 21.0. The molecule has 0 aliphatic rings. The van der Waals surface area contributed by atoms with Crippen LogP contribution in [0.15, 0.2) is 134 Å². The van der Waals surface area contributed by atoms with E-state index in [1.807, 2.05) is 36.4 Å². The second-order valence-electron chi connectivity index (χ2n) is 9.48. The Balaban J connectivity index is 1.43. The van der Waals surface area contributed by atoms with E-state index in [9.17, 15) is 5.26 Å². The smallest absolute Gasteiger partial charge is 0.101 e. The first-order chi connectivity index (χ1) is 19.3. The molecule has 0 spiro atoms. The van der Waals surface area contributed by atoms with Crippen LogP contribution in [0.2, 0.25) is 0 Å². The largest absolute Gasteiger partial charge is 0.309 e. The molecule has 0 bridgehead atoms. The highest BCUT2D eigenvalue weighted by atomic mass is 15.0. The van der Waals surface area contributed by atoms with Crippen LogP contribution in [0.4, 0.5) is 0 Å². The molecule has 39 heavy (non-hydrogen) atoms. The average Bonchev–Trinajstić information content (AvgIpc) is 3.35. The van der Waals surface area contributed by atoms with Crippen molar-refractivity contribution < 1.29 is 0 Å². The van der Waals surface area contributed by atoms with Crippen molar-refractivity contribution in [3.05, 3.63) is 139 Å². The third-order valence-corrected chi connectivity index (χ3v) is 7.09. The molecule has 0 saturated carbocycles. The highest BCUT2D eigenvalue weighted by molar-refractivity contribution is 6.11. The average molecular weight is 499 g/mol. The fraction of sp³-hybridized carbons (Fsp3) is 0. The zero-order valence-electron chi connectivity index (χ0n) is 21.0. The van der Waals surface area contributed by atoms with Crippen molar-refractivity contribution in [2.45, 2.75) is 0 Å². The predicted molar refractivity (Wildman–Crippen MR) is 157 cm³/mol. The van der Waals surface area contributed by atoms with E-state index < -0.39 is 0 Å². The molecule has 7 rings (SSSR count). The van der Waals surface area contributed by atoms with Crippen LogP contribution in [0, 0.1) is 11.3 Å². The number of benzene rings is 4. The summed E-state index contributed by atoms with van der Waals surface area (Å²) in [5, 5.41) is 11.7. The maximum Gasteiger partial charge on any atom is 0.101 e. The van der Waals surface area contributed by atoms with Gasteiger partial charge in [0.2, 0.25) is 0 Å². The first-order valence-corrected chi connectivity index (χ1v) is 12.8. The number of fused-ring (bicyclic) bond motifs is 3. The molecule has 7 aromatic rings. The van der Waals surface area contributed by atoms with E-state index in [2.05, 4.69) is 101 Å². The number of hydrogen-bond donors (Lipinski definition) is 0. The molecule has 0 saturated heterocycles. The Morgan fingerprint density at radius 2 is 1.18 bits per heavy atom. The normalized spacial score (nSPS) is 11.1. The van der Waals surface area contributed by atoms with Crippen LogP contribution in [-0.4, -0.2) is 14.5 Å². The summed E-state index contributed by atoms with van der Waals surface area (Å²) in [6.45, 7) is 0. The fourth-order valence-electron chi connectivity index (χ4n) is 5.25. The molecule has 4 nitrogen and oxygen atoms in total. The molecule has 0 aliphatic heterocycles. The molecule has 3 heterocycles. The summed E-state index contributed by atoms with van der Waals surface area (Å²) >= 11 is 0. The van der Waals surface area contributed by atoms with Gasteiger partial charge < -0.3 is 4.57 Å². The van der Waals surface area contributed by atoms with Crippen molar-refractivity contribution in [2.24, 2.45) is 0 Å². The SMILES string of the molecule is N#Cc1cncc(-c2cccc(-c3ccc4c(c3)c3cc(-c5ccccc5)ccc3n4-c3ccccc3)n2)c1. The molecular formula is C35H22N4. The number of pyridine rings is 2. The number of rotatable bonds is 4. The summed E-state index contributed by atoms with van der Waals surface area (Å²) in [6, 6.07) is 44.2. The van der Waals surface area contributed by atoms with Crippen LogP contribution in [-0.2, 0) is 0 Å². The Labute approximate surface area is 226 Å². The van der Waals surface area contributed by atoms with Crippen LogP contribution in [0.25, 0.3) is 61.1 Å². The van der Waals surface area contributed by atoms with E-state index in [1.165, 1.54) is 21.9 Å². The minimum atomic E-state index is 0.518. The van der Waals surface area contributed by atoms with Gasteiger partial charge in [-0.1, -0.05) is 66.7 Å². The van der Waals surface area contributed by atoms with Gasteiger partial charge in [0.1, 0.15) is 6.07 Å². The second kappa shape index (κ2) is 9.41. The molecular weight excluding hydrogens is 476 g/mol. The molecule has 182 valence electrons. The first kappa shape index (κ1) is 22.7. The molecule has 0 unspecified atom stereocenters. The summed E-state index contributed by atoms with van der Waals surface area (Å²) in [5.41, 5.74) is 9.85. The lowest BCUT2D eigenvalue weighted by atomic mass is 10.0. The topological polar surface area (TPSA) is 54.5 Å². The van der Waals surface area contributed by atoms with Crippen molar-refractivity contribution in [1.82, 2.24) is 14.5 Å². The first-order valence-electron chi connectivity index (χ1n) is 12.8. The molecule has 0 atom stereocenters. The molecule has 0 fully saturated rings. The van der Waals surface area contributed by atoms with Gasteiger partial charge in [0.15, 0.2) is 0 Å². The maximum absolute atomic E-state index is 9.29. The third-order valence-electron chi connectivity index (χ3n) is 7.09. The Morgan fingerprint density at radius 1 is 0.538 bits per heavy atom. The summed E-state index contributed by atoms with van der Waals surface area (Å²) < 4.78 is 2.33. The summed E-state index contributed by atoms with van der Waals surface area (Å²) in [5.74, 6) is 0. The molecule has 3 aromatic heterocycles. The van der Waals surface area contributed by atoms with Gasteiger partial charge in [0.05, 0.1) is 28.0 Å². The molecule has 0 amide bonds. The molecule has 0 aliphatic carbocycles. The highest BCUT2D eigenvalue weighted by Gasteiger charge is 2.15. The second-order valence-corrected chi connectivity index (χ2v) is 9.48. The molecule has 4 heteroatoms. The quantitative estimate of drug-likeness (QED) is 0.245. The lowest BCUT2D eigenvalue weighted by molar-refractivity contribution is 1.18. The summed E-state index contributed by atoms with van der Waals surface area (Å²) in [4.78, 5) is 9.16. The van der Waals surface area contributed by atoms with Gasteiger partial charge in [-0.2, -0.15) is 5.26 Å². The van der Waals surface area contributed by atoms with E-state index in [0.717, 1.165) is 39.2 Å². The van der Waals surface area contributed by atoms with Crippen LogP contribution in [0.1, 0.15) is 5.56 Å². The van der Waals surface area contributed by atoms with Crippen LogP contribution < -0.4 is 0 Å². The van der Waals surface area contributed by atoms with E-state index >= 15 is 0 Å². The van der Waals surface area contributed by atoms with Crippen LogP contribution >= 0.6 is 0 Å². The van der Waals surface area contributed by atoms with Gasteiger partial charge in [-0.25, -0.2) is 4.98 Å². The van der Waals surface area contributed by atoms with E-state index in [0.29, 0.717) is 5.56 Å². The lowest BCUT2D eigenvalue weighted by Gasteiger charge is -2.09. The Morgan fingerprint density at radius 3 is 1.90 bits per heavy atom. The Bertz CT molecular complexity index is 2020. The zero-order chi connectivity index (χ0) is 26.2. The van der Waals surface area contributed by atoms with E-state index in [-0.39, 0.29) is 0 Å². The van der Waals surface area contributed by atoms with Crippen molar-refractivity contribution in [3.63, 3.8) is 0 Å². The Hall–Kier alpha value is -5.53. The third kappa shape index (κ3) is 4.03. The minimum absolute atomic E-state index is 0.518. The number of nitrogens with zero attached hydrogens (tertiary/aromatic N) is 4. The number of para-hydroxylation sites is 1. The minimum Gasteiger partial charge on any atom is -0.309 e. The van der Waals surface area contributed by atoms with Crippen molar-refractivity contribution in [2.75, 3.05) is 0 Å². The van der Waals surface area contributed by atoms with Gasteiger partial charge in [-0.3, -0.25) is 4.98 Å². The van der Waals surface area contributed by atoms with Gasteiger partial charge in [0, 0.05) is 40.0 Å². The van der Waals surface area contributed by atoms with Gasteiger partial charge >= 0.3 is 0 Å². The van der Waals surface area contributed by atoms with Gasteiger partial charge in [-0.05, 0) is 65.7 Å². The van der Waals surface area contributed by atoms with Crippen molar-refractivity contribution in [3.8, 4) is 45.4 Å². The molecule has 0 radical (unpaired) electrons. The molecule has 0 N–H and O–H groups in total. The lowest BCUT2D eigenvalue weighted by Crippen LogP contribution is -1.93. The summed E-state index contributed by atoms with van der Waals surface area (Å²) in [7, 11) is 0. The fourth-order valence-corrected chi connectivity index (χ4v) is 5.25. The molecule has 4 aromatic carbocycles. The van der Waals surface area contributed by atoms with Gasteiger partial charge in [-0.15, -0.1) is 0 Å². The predicted octanol–water partition coefficient (Wildman–Crippen LogP) is 8.45.